The number of carbonyl (C=O) groups excluding carboxylic acids is 1. The molecule has 0 bridgehead atoms. The molecule has 0 saturated carbocycles. The van der Waals surface area contributed by atoms with Crippen LogP contribution < -0.4 is 5.32 Å². The lowest BCUT2D eigenvalue weighted by Gasteiger charge is -2.37. The van der Waals surface area contributed by atoms with Gasteiger partial charge in [0.1, 0.15) is 11.9 Å². The van der Waals surface area contributed by atoms with Gasteiger partial charge in [0, 0.05) is 18.7 Å². The van der Waals surface area contributed by atoms with E-state index in [2.05, 4.69) is 5.32 Å². The predicted molar refractivity (Wildman–Crippen MR) is 77.3 cm³/mol. The van der Waals surface area contributed by atoms with Gasteiger partial charge in [0.25, 0.3) is 0 Å². The Labute approximate surface area is 124 Å². The molecule has 2 aliphatic rings. The number of hydrogen-bond acceptors (Lipinski definition) is 3. The van der Waals surface area contributed by atoms with Gasteiger partial charge in [0.15, 0.2) is 0 Å². The minimum Gasteiger partial charge on any atom is -0.370 e. The van der Waals surface area contributed by atoms with Gasteiger partial charge in [-0.05, 0) is 26.0 Å². The first-order chi connectivity index (χ1) is 10.1. The zero-order valence-corrected chi connectivity index (χ0v) is 12.3. The van der Waals surface area contributed by atoms with E-state index in [1.807, 2.05) is 11.8 Å². The zero-order chi connectivity index (χ0) is 14.9. The van der Waals surface area contributed by atoms with E-state index in [0.29, 0.717) is 31.8 Å². The van der Waals surface area contributed by atoms with Gasteiger partial charge in [0.05, 0.1) is 18.6 Å². The van der Waals surface area contributed by atoms with E-state index < -0.39 is 0 Å². The van der Waals surface area contributed by atoms with Crippen LogP contribution >= 0.6 is 0 Å². The summed E-state index contributed by atoms with van der Waals surface area (Å²) in [7, 11) is 0. The summed E-state index contributed by atoms with van der Waals surface area (Å²) >= 11 is 0. The van der Waals surface area contributed by atoms with Crippen LogP contribution in [0.4, 0.5) is 4.39 Å². The number of morpholine rings is 1. The van der Waals surface area contributed by atoms with Crippen LogP contribution in [0, 0.1) is 11.2 Å². The van der Waals surface area contributed by atoms with Gasteiger partial charge in [0.2, 0.25) is 5.91 Å². The number of ether oxygens (including phenoxy) is 1. The minimum atomic E-state index is -0.373. The Morgan fingerprint density at radius 1 is 1.48 bits per heavy atom. The average molecular weight is 292 g/mol. The summed E-state index contributed by atoms with van der Waals surface area (Å²) in [4.78, 5) is 14.5. The maximum absolute atomic E-state index is 13.9. The maximum Gasteiger partial charge on any atom is 0.230 e. The highest BCUT2D eigenvalue weighted by atomic mass is 19.1. The van der Waals surface area contributed by atoms with Crippen molar-refractivity contribution in [1.82, 2.24) is 10.2 Å². The summed E-state index contributed by atoms with van der Waals surface area (Å²) in [5.41, 5.74) is 0.196. The third kappa shape index (κ3) is 2.80. The second-order valence-corrected chi connectivity index (χ2v) is 6.12. The van der Waals surface area contributed by atoms with E-state index in [-0.39, 0.29) is 23.2 Å². The number of rotatable bonds is 2. The molecule has 4 nitrogen and oxygen atoms in total. The van der Waals surface area contributed by atoms with Gasteiger partial charge in [-0.25, -0.2) is 4.39 Å². The van der Waals surface area contributed by atoms with Crippen LogP contribution in [0.15, 0.2) is 24.3 Å². The maximum atomic E-state index is 13.9. The van der Waals surface area contributed by atoms with Crippen LogP contribution in [0.25, 0.3) is 0 Å². The standard InChI is InChI=1S/C16H21FN2O2/c1-16(6-7-18-11-16)15(20)19-8-9-21-14(10-19)12-4-2-3-5-13(12)17/h2-5,14,18H,6-11H2,1H3. The van der Waals surface area contributed by atoms with Crippen LogP contribution in [-0.4, -0.2) is 43.6 Å². The first kappa shape index (κ1) is 14.5. The van der Waals surface area contributed by atoms with Crippen molar-refractivity contribution in [3.63, 3.8) is 0 Å². The number of benzene rings is 1. The summed E-state index contributed by atoms with van der Waals surface area (Å²) in [5, 5.41) is 3.25. The number of hydrogen-bond donors (Lipinski definition) is 1. The van der Waals surface area contributed by atoms with E-state index in [1.54, 1.807) is 18.2 Å². The second-order valence-electron chi connectivity index (χ2n) is 6.12. The number of nitrogens with one attached hydrogen (secondary N) is 1. The summed E-state index contributed by atoms with van der Waals surface area (Å²) in [5.74, 6) is -0.123. The summed E-state index contributed by atoms with van der Waals surface area (Å²) < 4.78 is 19.6. The molecule has 0 aliphatic carbocycles. The molecule has 1 aromatic rings. The average Bonchev–Trinajstić information content (AvgIpc) is 2.95. The van der Waals surface area contributed by atoms with Gasteiger partial charge >= 0.3 is 0 Å². The van der Waals surface area contributed by atoms with E-state index in [1.165, 1.54) is 6.07 Å². The van der Waals surface area contributed by atoms with Crippen molar-refractivity contribution in [2.45, 2.75) is 19.4 Å². The van der Waals surface area contributed by atoms with Crippen molar-refractivity contribution in [3.05, 3.63) is 35.6 Å². The fourth-order valence-electron chi connectivity index (χ4n) is 3.14. The van der Waals surface area contributed by atoms with Crippen LogP contribution in [0.1, 0.15) is 25.0 Å². The molecule has 2 aliphatic heterocycles. The lowest BCUT2D eigenvalue weighted by molar-refractivity contribution is -0.148. The SMILES string of the molecule is CC1(C(=O)N2CCOC(c3ccccc3F)C2)CCNC1. The largest absolute Gasteiger partial charge is 0.370 e. The Kier molecular flexibility index (Phi) is 3.95. The normalized spacial score (nSPS) is 29.6. The molecular weight excluding hydrogens is 271 g/mol. The van der Waals surface area contributed by atoms with Crippen molar-refractivity contribution in [1.29, 1.82) is 0 Å². The highest BCUT2D eigenvalue weighted by Crippen LogP contribution is 2.31. The zero-order valence-electron chi connectivity index (χ0n) is 12.3. The highest BCUT2D eigenvalue weighted by molar-refractivity contribution is 5.83. The lowest BCUT2D eigenvalue weighted by atomic mass is 9.87. The summed E-state index contributed by atoms with van der Waals surface area (Å²) in [6, 6.07) is 6.62. The third-order valence-corrected chi connectivity index (χ3v) is 4.49. The molecular formula is C16H21FN2O2. The Bertz CT molecular complexity index is 529. The molecule has 1 N–H and O–H groups in total. The molecule has 2 atom stereocenters. The first-order valence-corrected chi connectivity index (χ1v) is 7.46. The molecule has 114 valence electrons. The highest BCUT2D eigenvalue weighted by Gasteiger charge is 2.40. The molecule has 0 aromatic heterocycles. The number of amides is 1. The summed E-state index contributed by atoms with van der Waals surface area (Å²) in [6.07, 6.45) is 0.481. The molecule has 2 saturated heterocycles. The lowest BCUT2D eigenvalue weighted by Crippen LogP contribution is -2.49. The van der Waals surface area contributed by atoms with Crippen molar-refractivity contribution in [2.24, 2.45) is 5.41 Å². The van der Waals surface area contributed by atoms with E-state index in [4.69, 9.17) is 4.74 Å². The smallest absolute Gasteiger partial charge is 0.230 e. The molecule has 2 heterocycles. The Morgan fingerprint density at radius 3 is 3.00 bits per heavy atom. The van der Waals surface area contributed by atoms with Crippen LogP contribution in [0.3, 0.4) is 0 Å². The topological polar surface area (TPSA) is 41.6 Å². The quantitative estimate of drug-likeness (QED) is 0.902. The molecule has 21 heavy (non-hydrogen) atoms. The molecule has 5 heteroatoms. The monoisotopic (exact) mass is 292 g/mol. The van der Waals surface area contributed by atoms with E-state index in [9.17, 15) is 9.18 Å². The predicted octanol–water partition coefficient (Wildman–Crippen LogP) is 1.73. The summed E-state index contributed by atoms with van der Waals surface area (Å²) in [6.45, 7) is 5.06. The van der Waals surface area contributed by atoms with Gasteiger partial charge in [-0.2, -0.15) is 0 Å². The molecule has 2 unspecified atom stereocenters. The number of carbonyl (C=O) groups is 1. The number of halogens is 1. The van der Waals surface area contributed by atoms with Crippen molar-refractivity contribution in [3.8, 4) is 0 Å². The van der Waals surface area contributed by atoms with E-state index in [0.717, 1.165) is 13.0 Å². The van der Waals surface area contributed by atoms with Gasteiger partial charge < -0.3 is 15.0 Å². The fraction of sp³-hybridized carbons (Fsp3) is 0.562. The minimum absolute atomic E-state index is 0.150. The van der Waals surface area contributed by atoms with Crippen LogP contribution in [0.2, 0.25) is 0 Å². The second kappa shape index (κ2) is 5.73. The third-order valence-electron chi connectivity index (χ3n) is 4.49. The molecule has 0 spiro atoms. The van der Waals surface area contributed by atoms with Gasteiger partial charge in [-0.1, -0.05) is 18.2 Å². The van der Waals surface area contributed by atoms with Crippen LogP contribution in [-0.2, 0) is 9.53 Å². The van der Waals surface area contributed by atoms with Crippen molar-refractivity contribution >= 4 is 5.91 Å². The Hall–Kier alpha value is -1.46. The number of nitrogens with zero attached hydrogens (tertiary/aromatic N) is 1. The molecule has 2 fully saturated rings. The Morgan fingerprint density at radius 2 is 2.29 bits per heavy atom. The van der Waals surface area contributed by atoms with Crippen molar-refractivity contribution < 1.29 is 13.9 Å². The van der Waals surface area contributed by atoms with Gasteiger partial charge in [-0.15, -0.1) is 0 Å². The first-order valence-electron chi connectivity index (χ1n) is 7.46. The molecule has 1 amide bonds. The van der Waals surface area contributed by atoms with Crippen molar-refractivity contribution in [2.75, 3.05) is 32.8 Å². The molecule has 1 aromatic carbocycles. The molecule has 0 radical (unpaired) electrons. The van der Waals surface area contributed by atoms with Crippen LogP contribution in [0.5, 0.6) is 0 Å². The van der Waals surface area contributed by atoms with E-state index >= 15 is 0 Å². The Balaban J connectivity index is 1.74. The van der Waals surface area contributed by atoms with Gasteiger partial charge in [-0.3, -0.25) is 4.79 Å². The fourth-order valence-corrected chi connectivity index (χ4v) is 3.14. The molecule has 3 rings (SSSR count).